The van der Waals surface area contributed by atoms with Crippen molar-refractivity contribution in [1.29, 1.82) is 0 Å². The minimum Gasteiger partial charge on any atom is -0.509 e. The van der Waals surface area contributed by atoms with Crippen LogP contribution in [0.25, 0.3) is 44.4 Å². The Balaban J connectivity index is 0.00000481. The van der Waals surface area contributed by atoms with E-state index in [-0.39, 0.29) is 36.7 Å². The van der Waals surface area contributed by atoms with E-state index in [1.807, 2.05) is 12.3 Å². The number of hydrogen-bond donors (Lipinski definition) is 0. The molecule has 7 rings (SSSR count). The molecule has 53 heavy (non-hydrogen) atoms. The first-order valence-corrected chi connectivity index (χ1v) is 18.5. The second kappa shape index (κ2) is 14.4. The fourth-order valence-electron chi connectivity index (χ4n) is 7.08. The van der Waals surface area contributed by atoms with Crippen LogP contribution in [-0.4, -0.2) is 19.3 Å². The fraction of sp³-hybridized carbons (Fsp3) is 0.319. The van der Waals surface area contributed by atoms with E-state index in [0.29, 0.717) is 11.5 Å². The second-order valence-electron chi connectivity index (χ2n) is 17.0. The van der Waals surface area contributed by atoms with E-state index in [2.05, 4.69) is 176 Å². The number of aromatic nitrogens is 4. The summed E-state index contributed by atoms with van der Waals surface area (Å²) in [4.78, 5) is 4.85. The van der Waals surface area contributed by atoms with Gasteiger partial charge < -0.3 is 9.30 Å². The summed E-state index contributed by atoms with van der Waals surface area (Å²) in [6, 6.07) is 39.2. The Morgan fingerprint density at radius 1 is 0.679 bits per heavy atom. The summed E-state index contributed by atoms with van der Waals surface area (Å²) in [5, 5.41) is 7.58. The van der Waals surface area contributed by atoms with Crippen molar-refractivity contribution in [2.75, 3.05) is 0 Å². The van der Waals surface area contributed by atoms with Gasteiger partial charge >= 0.3 is 20.4 Å². The van der Waals surface area contributed by atoms with Gasteiger partial charge in [-0.05, 0) is 57.7 Å². The molecule has 0 radical (unpaired) electrons. The molecule has 4 aromatic carbocycles. The Hall–Kier alpha value is -4.50. The number of ether oxygens (including phenoxy) is 1. The smallest absolute Gasteiger partial charge is 0.509 e. The molecule has 3 heterocycles. The molecule has 3 aromatic heterocycles. The maximum Gasteiger partial charge on any atom is 2.00 e. The molecule has 0 aliphatic rings. The van der Waals surface area contributed by atoms with Gasteiger partial charge in [0.05, 0.1) is 11.4 Å². The van der Waals surface area contributed by atoms with Gasteiger partial charge in [-0.15, -0.1) is 41.3 Å². The molecule has 0 amide bonds. The first-order chi connectivity index (χ1) is 24.6. The van der Waals surface area contributed by atoms with Crippen LogP contribution in [0, 0.1) is 12.1 Å². The topological polar surface area (TPSA) is 44.9 Å². The zero-order chi connectivity index (χ0) is 37.0. The van der Waals surface area contributed by atoms with Crippen LogP contribution in [0.15, 0.2) is 97.2 Å². The average molecular weight is 793 g/mol. The molecule has 0 bridgehead atoms. The first-order valence-electron chi connectivity index (χ1n) is 18.5. The van der Waals surface area contributed by atoms with Crippen molar-refractivity contribution < 1.29 is 25.2 Å². The summed E-state index contributed by atoms with van der Waals surface area (Å²) in [7, 11) is 0. The number of benzene rings is 4. The summed E-state index contributed by atoms with van der Waals surface area (Å²) in [5.41, 5.74) is 9.55. The molecular formula is C47H50N4OPd. The normalized spacial score (nSPS) is 12.3. The van der Waals surface area contributed by atoms with Crippen LogP contribution in [0.3, 0.4) is 0 Å². The third kappa shape index (κ3) is 7.50. The number of pyridine rings is 1. The zero-order valence-electron chi connectivity index (χ0n) is 32.7. The molecule has 7 aromatic rings. The summed E-state index contributed by atoms with van der Waals surface area (Å²) >= 11 is 0. The van der Waals surface area contributed by atoms with E-state index in [1.54, 1.807) is 0 Å². The number of fused-ring (bicyclic) bond motifs is 3. The van der Waals surface area contributed by atoms with Gasteiger partial charge in [0.2, 0.25) is 0 Å². The SMILES string of the molecule is CCCc1nn(-c2[c-]c(Oc3[c-]c4c(cc3)c3ccccc3n4-c3cc(C(C)(C)C)ccn3)cc(C(C)(C)C)c2)c(C(C)(C)C)c1-c1ccccc1.[Pd+2]. The predicted octanol–water partition coefficient (Wildman–Crippen LogP) is 12.3. The van der Waals surface area contributed by atoms with E-state index in [1.165, 1.54) is 16.7 Å². The Bertz CT molecular complexity index is 2400. The van der Waals surface area contributed by atoms with Crippen LogP contribution < -0.4 is 4.74 Å². The molecule has 6 heteroatoms. The van der Waals surface area contributed by atoms with E-state index in [4.69, 9.17) is 14.8 Å². The molecule has 5 nitrogen and oxygen atoms in total. The summed E-state index contributed by atoms with van der Waals surface area (Å²) in [5.74, 6) is 2.10. The standard InChI is InChI=1S/C47H50N4O.Pd/c1-11-17-39-43(31-18-13-12-14-19-31)44(47(8,9)10)51(49-39)34-26-33(46(5,6)7)27-36(29-34)52-35-22-23-38-37-20-15-16-21-40(37)50(41(38)30-35)42-28-32(24-25-48-42)45(2,3)4;/h12-16,18-28H,11,17H2,1-10H3;/q-2;+2. The van der Waals surface area contributed by atoms with Crippen molar-refractivity contribution >= 4 is 21.8 Å². The third-order valence-corrected chi connectivity index (χ3v) is 9.76. The molecule has 0 aliphatic carbocycles. The number of hydrogen-bond acceptors (Lipinski definition) is 3. The molecule has 0 spiro atoms. The Morgan fingerprint density at radius 3 is 2.06 bits per heavy atom. The second-order valence-corrected chi connectivity index (χ2v) is 17.0. The number of nitrogens with zero attached hydrogens (tertiary/aromatic N) is 4. The van der Waals surface area contributed by atoms with E-state index in [9.17, 15) is 0 Å². The van der Waals surface area contributed by atoms with Crippen LogP contribution in [-0.2, 0) is 43.1 Å². The van der Waals surface area contributed by atoms with Gasteiger partial charge in [-0.3, -0.25) is 4.68 Å². The fourth-order valence-corrected chi connectivity index (χ4v) is 7.08. The molecule has 0 N–H and O–H groups in total. The van der Waals surface area contributed by atoms with Gasteiger partial charge in [0.25, 0.3) is 0 Å². The minimum atomic E-state index is -0.193. The maximum absolute atomic E-state index is 6.76. The van der Waals surface area contributed by atoms with Crippen molar-refractivity contribution in [2.24, 2.45) is 0 Å². The van der Waals surface area contributed by atoms with Gasteiger partial charge in [0.15, 0.2) is 0 Å². The molecule has 274 valence electrons. The molecule has 0 aliphatic heterocycles. The maximum atomic E-state index is 6.76. The molecule has 0 saturated carbocycles. The molecule has 0 atom stereocenters. The van der Waals surface area contributed by atoms with Gasteiger partial charge in [0.1, 0.15) is 5.82 Å². The van der Waals surface area contributed by atoms with Gasteiger partial charge in [-0.2, -0.15) is 11.2 Å². The van der Waals surface area contributed by atoms with Crippen molar-refractivity contribution in [3.63, 3.8) is 0 Å². The van der Waals surface area contributed by atoms with E-state index < -0.39 is 0 Å². The van der Waals surface area contributed by atoms with Crippen molar-refractivity contribution in [3.05, 3.63) is 132 Å². The van der Waals surface area contributed by atoms with Crippen LogP contribution in [0.4, 0.5) is 0 Å². The molecule has 0 saturated heterocycles. The Morgan fingerprint density at radius 2 is 1.38 bits per heavy atom. The minimum absolute atomic E-state index is 0. The van der Waals surface area contributed by atoms with Gasteiger partial charge in [-0.1, -0.05) is 130 Å². The largest absolute Gasteiger partial charge is 2.00 e. The first kappa shape index (κ1) is 38.2. The molecular weight excluding hydrogens is 743 g/mol. The quantitative estimate of drug-likeness (QED) is 0.119. The predicted molar refractivity (Wildman–Crippen MR) is 215 cm³/mol. The van der Waals surface area contributed by atoms with Crippen molar-refractivity contribution in [3.8, 4) is 34.1 Å². The number of aryl methyl sites for hydroxylation is 1. The van der Waals surface area contributed by atoms with Crippen molar-refractivity contribution in [2.45, 2.75) is 98.3 Å². The van der Waals surface area contributed by atoms with E-state index >= 15 is 0 Å². The Labute approximate surface area is 329 Å². The third-order valence-electron chi connectivity index (χ3n) is 9.76. The summed E-state index contributed by atoms with van der Waals surface area (Å²) < 4.78 is 11.1. The number of rotatable bonds is 7. The average Bonchev–Trinajstić information content (AvgIpc) is 3.64. The monoisotopic (exact) mass is 792 g/mol. The van der Waals surface area contributed by atoms with Crippen molar-refractivity contribution in [1.82, 2.24) is 19.3 Å². The van der Waals surface area contributed by atoms with Crippen LogP contribution in [0.1, 0.15) is 98.2 Å². The Kier molecular flexibility index (Phi) is 10.4. The summed E-state index contributed by atoms with van der Waals surface area (Å²) in [6.45, 7) is 22.4. The molecule has 0 unspecified atom stereocenters. The molecule has 0 fully saturated rings. The van der Waals surface area contributed by atoms with Crippen LogP contribution in [0.5, 0.6) is 11.5 Å². The van der Waals surface area contributed by atoms with Crippen LogP contribution in [0.2, 0.25) is 0 Å². The zero-order valence-corrected chi connectivity index (χ0v) is 34.2. The van der Waals surface area contributed by atoms with Gasteiger partial charge in [-0.25, -0.2) is 4.98 Å². The number of para-hydroxylation sites is 1. The summed E-state index contributed by atoms with van der Waals surface area (Å²) in [6.07, 6.45) is 3.80. The van der Waals surface area contributed by atoms with E-state index in [0.717, 1.165) is 63.1 Å². The van der Waals surface area contributed by atoms with Gasteiger partial charge in [0, 0.05) is 34.2 Å². The van der Waals surface area contributed by atoms with Crippen LogP contribution >= 0.6 is 0 Å².